The average Bonchev–Trinajstić information content (AvgIpc) is 2.92. The Kier molecular flexibility index (Phi) is 6.22. The fraction of sp³-hybridized carbons (Fsp3) is 0.733. The lowest BCUT2D eigenvalue weighted by Crippen LogP contribution is -2.39. The zero-order valence-corrected chi connectivity index (χ0v) is 14.6. The zero-order chi connectivity index (χ0) is 15.3. The lowest BCUT2D eigenvalue weighted by molar-refractivity contribution is 0.328. The van der Waals surface area contributed by atoms with Crippen molar-refractivity contribution in [3.63, 3.8) is 0 Å². The van der Waals surface area contributed by atoms with Crippen molar-refractivity contribution in [2.24, 2.45) is 0 Å². The highest BCUT2D eigenvalue weighted by atomic mass is 32.2. The molecule has 21 heavy (non-hydrogen) atoms. The minimum atomic E-state index is -3.14. The molecule has 0 aromatic carbocycles. The molecule has 1 aromatic heterocycles. The van der Waals surface area contributed by atoms with Gasteiger partial charge in [-0.25, -0.2) is 8.42 Å². The number of nitrogens with zero attached hydrogens (tertiary/aromatic N) is 1. The highest BCUT2D eigenvalue weighted by Crippen LogP contribution is 2.34. The zero-order valence-electron chi connectivity index (χ0n) is 13.0. The van der Waals surface area contributed by atoms with Crippen molar-refractivity contribution >= 4 is 21.4 Å². The first-order valence-corrected chi connectivity index (χ1v) is 10.3. The summed E-state index contributed by atoms with van der Waals surface area (Å²) in [6, 6.07) is 2.06. The summed E-state index contributed by atoms with van der Waals surface area (Å²) in [5.41, 5.74) is 1.19. The third-order valence-corrected chi connectivity index (χ3v) is 7.03. The molecule has 6 heteroatoms. The summed E-state index contributed by atoms with van der Waals surface area (Å²) < 4.78 is 26.7. The second-order valence-corrected chi connectivity index (χ2v) is 8.65. The fourth-order valence-electron chi connectivity index (χ4n) is 2.82. The molecule has 0 fully saturated rings. The van der Waals surface area contributed by atoms with Gasteiger partial charge in [0, 0.05) is 17.5 Å². The van der Waals surface area contributed by atoms with Crippen LogP contribution in [0.5, 0.6) is 0 Å². The summed E-state index contributed by atoms with van der Waals surface area (Å²) in [6.07, 6.45) is 3.63. The van der Waals surface area contributed by atoms with Gasteiger partial charge >= 0.3 is 0 Å². The summed E-state index contributed by atoms with van der Waals surface area (Å²) in [4.78, 5) is 1.35. The molecule has 0 radical (unpaired) electrons. The van der Waals surface area contributed by atoms with Crippen LogP contribution in [0.2, 0.25) is 0 Å². The number of hydrogen-bond acceptors (Lipinski definition) is 4. The van der Waals surface area contributed by atoms with E-state index in [0.29, 0.717) is 6.54 Å². The molecule has 1 N–H and O–H groups in total. The normalized spacial score (nSPS) is 19.6. The van der Waals surface area contributed by atoms with E-state index in [1.165, 1.54) is 10.4 Å². The molecule has 120 valence electrons. The van der Waals surface area contributed by atoms with E-state index < -0.39 is 10.0 Å². The van der Waals surface area contributed by atoms with Crippen LogP contribution in [-0.2, 0) is 16.4 Å². The Morgan fingerprint density at radius 1 is 1.38 bits per heavy atom. The Labute approximate surface area is 132 Å². The Morgan fingerprint density at radius 2 is 2.19 bits per heavy atom. The number of nitrogens with one attached hydrogen (secondary N) is 1. The van der Waals surface area contributed by atoms with Gasteiger partial charge in [-0.3, -0.25) is 0 Å². The number of thiophene rings is 1. The van der Waals surface area contributed by atoms with Crippen LogP contribution in [0.4, 0.5) is 0 Å². The second-order valence-electron chi connectivity index (χ2n) is 5.61. The van der Waals surface area contributed by atoms with Gasteiger partial charge in [0.25, 0.3) is 0 Å². The molecule has 2 rings (SSSR count). The van der Waals surface area contributed by atoms with Crippen molar-refractivity contribution in [3.05, 3.63) is 21.9 Å². The summed E-state index contributed by atoms with van der Waals surface area (Å²) in [5, 5.41) is 5.38. The highest BCUT2D eigenvalue weighted by Gasteiger charge is 2.32. The van der Waals surface area contributed by atoms with E-state index in [-0.39, 0.29) is 11.8 Å². The average molecular weight is 331 g/mol. The van der Waals surface area contributed by atoms with Crippen molar-refractivity contribution in [1.29, 1.82) is 0 Å². The van der Waals surface area contributed by atoms with E-state index in [2.05, 4.69) is 23.7 Å². The first-order chi connectivity index (χ1) is 10.1. The molecular weight excluding hydrogens is 304 g/mol. The van der Waals surface area contributed by atoms with E-state index >= 15 is 0 Å². The van der Waals surface area contributed by atoms with Gasteiger partial charge < -0.3 is 5.32 Å². The molecule has 1 atom stereocenters. The lowest BCUT2D eigenvalue weighted by Gasteiger charge is -2.32. The maximum absolute atomic E-state index is 12.5. The third kappa shape index (κ3) is 4.28. The largest absolute Gasteiger partial charge is 0.317 e. The van der Waals surface area contributed by atoms with E-state index in [1.807, 2.05) is 6.92 Å². The molecule has 1 unspecified atom stereocenters. The summed E-state index contributed by atoms with van der Waals surface area (Å²) in [5.74, 6) is 0.268. The van der Waals surface area contributed by atoms with Crippen LogP contribution >= 0.6 is 11.3 Å². The summed E-state index contributed by atoms with van der Waals surface area (Å²) >= 11 is 1.74. The maximum atomic E-state index is 12.5. The standard InChI is InChI=1S/C15H26N2O2S2/c1-3-8-16-9-4-5-12-21(18,19)17-10-6-15-14(13(17)2)7-11-20-15/h7,11,13,16H,3-6,8-10,12H2,1-2H3. The number of hydrogen-bond donors (Lipinski definition) is 1. The van der Waals surface area contributed by atoms with E-state index in [9.17, 15) is 8.42 Å². The van der Waals surface area contributed by atoms with Gasteiger partial charge in [0.1, 0.15) is 0 Å². The minimum absolute atomic E-state index is 0.0109. The van der Waals surface area contributed by atoms with Crippen molar-refractivity contribution in [2.45, 2.75) is 45.6 Å². The molecule has 0 bridgehead atoms. The molecule has 1 aromatic rings. The topological polar surface area (TPSA) is 49.4 Å². The molecular formula is C15H26N2O2S2. The van der Waals surface area contributed by atoms with Crippen molar-refractivity contribution < 1.29 is 8.42 Å². The fourth-order valence-corrected chi connectivity index (χ4v) is 5.55. The molecule has 0 saturated carbocycles. The molecule has 0 amide bonds. The molecule has 0 spiro atoms. The molecule has 1 aliphatic rings. The van der Waals surface area contributed by atoms with Gasteiger partial charge in [0.2, 0.25) is 10.0 Å². The Hall–Kier alpha value is -0.430. The predicted octanol–water partition coefficient (Wildman–Crippen LogP) is 2.78. The quantitative estimate of drug-likeness (QED) is 0.746. The Balaban J connectivity index is 1.86. The van der Waals surface area contributed by atoms with Gasteiger partial charge in [-0.2, -0.15) is 4.31 Å². The third-order valence-electron chi connectivity index (χ3n) is 4.01. The number of unbranched alkanes of at least 4 members (excludes halogenated alkanes) is 1. The molecule has 4 nitrogen and oxygen atoms in total. The molecule has 1 aliphatic heterocycles. The monoisotopic (exact) mass is 330 g/mol. The van der Waals surface area contributed by atoms with Crippen LogP contribution in [-0.4, -0.2) is 38.1 Å². The Bertz CT molecular complexity index is 540. The van der Waals surface area contributed by atoms with Crippen molar-refractivity contribution in [1.82, 2.24) is 9.62 Å². The first kappa shape index (κ1) is 16.9. The maximum Gasteiger partial charge on any atom is 0.214 e. The first-order valence-electron chi connectivity index (χ1n) is 7.82. The number of rotatable bonds is 8. The lowest BCUT2D eigenvalue weighted by atomic mass is 10.0. The highest BCUT2D eigenvalue weighted by molar-refractivity contribution is 7.89. The smallest absolute Gasteiger partial charge is 0.214 e. The van der Waals surface area contributed by atoms with Gasteiger partial charge in [-0.1, -0.05) is 6.92 Å². The second kappa shape index (κ2) is 7.72. The SMILES string of the molecule is CCCNCCCCS(=O)(=O)N1CCc2sccc2C1C. The van der Waals surface area contributed by atoms with Crippen molar-refractivity contribution in [3.8, 4) is 0 Å². The molecule has 0 aliphatic carbocycles. The summed E-state index contributed by atoms with van der Waals surface area (Å²) in [6.45, 7) is 6.69. The van der Waals surface area contributed by atoms with Gasteiger partial charge in [0.15, 0.2) is 0 Å². The van der Waals surface area contributed by atoms with E-state index in [0.717, 1.165) is 38.8 Å². The van der Waals surface area contributed by atoms with Crippen molar-refractivity contribution in [2.75, 3.05) is 25.4 Å². The predicted molar refractivity (Wildman–Crippen MR) is 89.3 cm³/mol. The summed E-state index contributed by atoms with van der Waals surface area (Å²) in [7, 11) is -3.14. The van der Waals surface area contributed by atoms with Crippen LogP contribution < -0.4 is 5.32 Å². The molecule has 2 heterocycles. The van der Waals surface area contributed by atoms with E-state index in [1.54, 1.807) is 15.6 Å². The van der Waals surface area contributed by atoms with Gasteiger partial charge in [-0.15, -0.1) is 11.3 Å². The van der Waals surface area contributed by atoms with E-state index in [4.69, 9.17) is 0 Å². The number of sulfonamides is 1. The van der Waals surface area contributed by atoms with Crippen LogP contribution in [0.25, 0.3) is 0 Å². The molecule has 0 saturated heterocycles. The number of fused-ring (bicyclic) bond motifs is 1. The van der Waals surface area contributed by atoms with Gasteiger partial charge in [-0.05, 0) is 62.7 Å². The van der Waals surface area contributed by atoms with Crippen LogP contribution in [0.3, 0.4) is 0 Å². The minimum Gasteiger partial charge on any atom is -0.317 e. The van der Waals surface area contributed by atoms with Crippen LogP contribution in [0, 0.1) is 0 Å². The Morgan fingerprint density at radius 3 is 2.95 bits per heavy atom. The van der Waals surface area contributed by atoms with Gasteiger partial charge in [0.05, 0.1) is 5.75 Å². The van der Waals surface area contributed by atoms with Crippen LogP contribution in [0.15, 0.2) is 11.4 Å². The van der Waals surface area contributed by atoms with Crippen LogP contribution in [0.1, 0.15) is 49.6 Å².